The van der Waals surface area contributed by atoms with E-state index in [0.717, 1.165) is 25.7 Å². The predicted molar refractivity (Wildman–Crippen MR) is 150 cm³/mol. The van der Waals surface area contributed by atoms with Crippen LogP contribution in [0, 0.1) is 5.92 Å². The van der Waals surface area contributed by atoms with Crippen LogP contribution in [0.1, 0.15) is 103 Å². The van der Waals surface area contributed by atoms with Gasteiger partial charge in [0.2, 0.25) is 0 Å². The molecule has 1 unspecified atom stereocenters. The van der Waals surface area contributed by atoms with E-state index in [0.29, 0.717) is 30.5 Å². The maximum Gasteiger partial charge on any atom is 0.284 e. The van der Waals surface area contributed by atoms with Crippen molar-refractivity contribution in [1.82, 2.24) is 24.4 Å². The summed E-state index contributed by atoms with van der Waals surface area (Å²) in [5.41, 5.74) is 0.174. The number of aromatic nitrogens is 5. The average molecular weight is 548 g/mol. The molecule has 0 radical (unpaired) electrons. The van der Waals surface area contributed by atoms with Gasteiger partial charge in [-0.15, -0.1) is 0 Å². The molecule has 1 amide bonds. The summed E-state index contributed by atoms with van der Waals surface area (Å²) in [5.74, 6) is 0.793. The standard InChI is InChI=1S/C24H31F2N7O2.2C2H6/c1-14-4-6-17(7-5-14)33-13-19(21(30-33)22(25)26)28-24(34)18-10-27-32-9-8-20(29-23(18)32)31-11-15(2)35-16(3)12-31;2*1-2/h8-10,13-17,22H,4-7,11-12H2,1-3H3,(H,28,34);2*1-2H3/t14?,15-,16?,17?;;/m0../s1. The zero-order valence-electron chi connectivity index (χ0n) is 24.2. The summed E-state index contributed by atoms with van der Waals surface area (Å²) in [6.45, 7) is 15.6. The highest BCUT2D eigenvalue weighted by atomic mass is 19.3. The van der Waals surface area contributed by atoms with Gasteiger partial charge in [0.15, 0.2) is 11.3 Å². The molecule has 1 N–H and O–H groups in total. The Balaban J connectivity index is 0.00000100. The van der Waals surface area contributed by atoms with Crippen LogP contribution in [0.4, 0.5) is 20.3 Å². The fraction of sp³-hybridized carbons (Fsp3) is 0.643. The van der Waals surface area contributed by atoms with E-state index in [4.69, 9.17) is 4.74 Å². The van der Waals surface area contributed by atoms with Crippen LogP contribution in [0.3, 0.4) is 0 Å². The van der Waals surface area contributed by atoms with E-state index in [9.17, 15) is 13.6 Å². The molecule has 0 spiro atoms. The Morgan fingerprint density at radius 2 is 1.69 bits per heavy atom. The van der Waals surface area contributed by atoms with E-state index in [1.807, 2.05) is 47.6 Å². The fourth-order valence-electron chi connectivity index (χ4n) is 5.11. The van der Waals surface area contributed by atoms with Crippen molar-refractivity contribution in [3.63, 3.8) is 0 Å². The largest absolute Gasteiger partial charge is 0.372 e. The Morgan fingerprint density at radius 3 is 2.31 bits per heavy atom. The third-order valence-corrected chi connectivity index (χ3v) is 6.92. The second-order valence-corrected chi connectivity index (χ2v) is 9.85. The fourth-order valence-corrected chi connectivity index (χ4v) is 5.11. The van der Waals surface area contributed by atoms with Crippen molar-refractivity contribution in [3.8, 4) is 0 Å². The Bertz CT molecular complexity index is 1190. The van der Waals surface area contributed by atoms with Crippen molar-refractivity contribution in [3.05, 3.63) is 35.9 Å². The molecule has 1 aliphatic heterocycles. The van der Waals surface area contributed by atoms with E-state index in [-0.39, 0.29) is 29.5 Å². The van der Waals surface area contributed by atoms with E-state index in [2.05, 4.69) is 32.3 Å². The lowest BCUT2D eigenvalue weighted by atomic mass is 9.87. The van der Waals surface area contributed by atoms with Crippen molar-refractivity contribution >= 4 is 23.1 Å². The van der Waals surface area contributed by atoms with Gasteiger partial charge in [0.05, 0.1) is 30.1 Å². The number of hydrogen-bond donors (Lipinski definition) is 1. The number of morpholine rings is 1. The molecule has 39 heavy (non-hydrogen) atoms. The molecule has 1 aliphatic carbocycles. The lowest BCUT2D eigenvalue weighted by molar-refractivity contribution is -0.00545. The third kappa shape index (κ3) is 7.12. The van der Waals surface area contributed by atoms with Crippen molar-refractivity contribution in [2.24, 2.45) is 5.92 Å². The number of carbonyl (C=O) groups excluding carboxylic acids is 1. The van der Waals surface area contributed by atoms with Gasteiger partial charge in [-0.3, -0.25) is 9.48 Å². The third-order valence-electron chi connectivity index (χ3n) is 6.92. The molecule has 5 rings (SSSR count). The highest BCUT2D eigenvalue weighted by molar-refractivity contribution is 6.08. The Morgan fingerprint density at radius 1 is 1.05 bits per heavy atom. The summed E-state index contributed by atoms with van der Waals surface area (Å²) in [6, 6.07) is 1.91. The maximum absolute atomic E-state index is 13.8. The number of halogens is 2. The quantitative estimate of drug-likeness (QED) is 0.391. The minimum Gasteiger partial charge on any atom is -0.372 e. The number of fused-ring (bicyclic) bond motifs is 1. The highest BCUT2D eigenvalue weighted by Gasteiger charge is 2.27. The van der Waals surface area contributed by atoms with Crippen molar-refractivity contribution < 1.29 is 18.3 Å². The molecule has 1 saturated carbocycles. The zero-order chi connectivity index (χ0) is 28.7. The van der Waals surface area contributed by atoms with Gasteiger partial charge >= 0.3 is 0 Å². The van der Waals surface area contributed by atoms with E-state index >= 15 is 0 Å². The van der Waals surface area contributed by atoms with Crippen LogP contribution in [0.25, 0.3) is 5.65 Å². The summed E-state index contributed by atoms with van der Waals surface area (Å²) in [4.78, 5) is 19.9. The number of alkyl halides is 2. The van der Waals surface area contributed by atoms with Gasteiger partial charge in [-0.05, 0) is 51.5 Å². The van der Waals surface area contributed by atoms with Gasteiger partial charge in [0.1, 0.15) is 11.4 Å². The van der Waals surface area contributed by atoms with E-state index in [1.54, 1.807) is 10.9 Å². The van der Waals surface area contributed by atoms with Gasteiger partial charge < -0.3 is 15.0 Å². The van der Waals surface area contributed by atoms with Crippen molar-refractivity contribution in [2.75, 3.05) is 23.3 Å². The van der Waals surface area contributed by atoms with Crippen LogP contribution in [-0.4, -0.2) is 55.6 Å². The second kappa shape index (κ2) is 13.8. The first-order valence-electron chi connectivity index (χ1n) is 14.2. The number of ether oxygens (including phenoxy) is 1. The highest BCUT2D eigenvalue weighted by Crippen LogP contribution is 2.34. The lowest BCUT2D eigenvalue weighted by Gasteiger charge is -2.36. The number of anilines is 2. The molecule has 2 fully saturated rings. The molecular formula is C28H43F2N7O2. The summed E-state index contributed by atoms with van der Waals surface area (Å²) in [6.07, 6.45) is 5.83. The molecular weight excluding hydrogens is 504 g/mol. The van der Waals surface area contributed by atoms with Gasteiger partial charge in [-0.25, -0.2) is 18.3 Å². The Kier molecular flexibility index (Phi) is 10.8. The molecule has 1 saturated heterocycles. The van der Waals surface area contributed by atoms with Crippen LogP contribution in [0.15, 0.2) is 24.7 Å². The number of nitrogens with zero attached hydrogens (tertiary/aromatic N) is 6. The lowest BCUT2D eigenvalue weighted by Crippen LogP contribution is -2.45. The minimum atomic E-state index is -2.80. The molecule has 2 aliphatic rings. The van der Waals surface area contributed by atoms with Gasteiger partial charge in [0.25, 0.3) is 12.3 Å². The first kappa shape index (κ1) is 30.5. The number of carbonyl (C=O) groups is 1. The number of hydrogen-bond acceptors (Lipinski definition) is 6. The van der Waals surface area contributed by atoms with E-state index < -0.39 is 18.0 Å². The maximum atomic E-state index is 13.8. The number of rotatable bonds is 5. The summed E-state index contributed by atoms with van der Waals surface area (Å²) in [5, 5.41) is 11.0. The van der Waals surface area contributed by atoms with Crippen LogP contribution in [0.5, 0.6) is 0 Å². The normalized spacial score (nSPS) is 23.1. The van der Waals surface area contributed by atoms with Crippen LogP contribution in [0.2, 0.25) is 0 Å². The smallest absolute Gasteiger partial charge is 0.284 e. The van der Waals surface area contributed by atoms with Gasteiger partial charge in [0, 0.05) is 25.5 Å². The number of nitrogens with one attached hydrogen (secondary N) is 1. The molecule has 3 aromatic rings. The van der Waals surface area contributed by atoms with Crippen LogP contribution < -0.4 is 10.2 Å². The Labute approximate surface area is 229 Å². The SMILES string of the molecule is CC.CC.CC1CCC(n2cc(NC(=O)c3cnn4ccc(N5CC(C)O[C@@H](C)C5)nc34)c(C(F)F)n2)CC1. The Hall–Kier alpha value is -3.08. The monoisotopic (exact) mass is 547 g/mol. The van der Waals surface area contributed by atoms with E-state index in [1.165, 1.54) is 16.9 Å². The molecule has 11 heteroatoms. The first-order chi connectivity index (χ1) is 18.8. The summed E-state index contributed by atoms with van der Waals surface area (Å²) < 4.78 is 36.4. The molecule has 4 heterocycles. The van der Waals surface area contributed by atoms with Gasteiger partial charge in [-0.1, -0.05) is 34.6 Å². The van der Waals surface area contributed by atoms with Crippen molar-refractivity contribution in [1.29, 1.82) is 0 Å². The molecule has 3 aromatic heterocycles. The van der Waals surface area contributed by atoms with Crippen LogP contribution >= 0.6 is 0 Å². The zero-order valence-corrected chi connectivity index (χ0v) is 24.2. The summed E-state index contributed by atoms with van der Waals surface area (Å²) in [7, 11) is 0. The molecule has 0 bridgehead atoms. The van der Waals surface area contributed by atoms with Gasteiger partial charge in [-0.2, -0.15) is 10.2 Å². The topological polar surface area (TPSA) is 89.6 Å². The molecule has 9 nitrogen and oxygen atoms in total. The predicted octanol–water partition coefficient (Wildman–Crippen LogP) is 6.53. The number of amides is 1. The average Bonchev–Trinajstić information content (AvgIpc) is 3.55. The minimum absolute atomic E-state index is 0.0231. The first-order valence-corrected chi connectivity index (χ1v) is 14.2. The molecule has 216 valence electrons. The van der Waals surface area contributed by atoms with Crippen LogP contribution in [-0.2, 0) is 4.74 Å². The summed E-state index contributed by atoms with van der Waals surface area (Å²) >= 11 is 0. The molecule has 2 atom stereocenters. The van der Waals surface area contributed by atoms with Crippen molar-refractivity contribution in [2.45, 2.75) is 98.8 Å². The second-order valence-electron chi connectivity index (χ2n) is 9.85. The molecule has 0 aromatic carbocycles.